The Hall–Kier alpha value is -0.960. The molecular formula is C13H21FN2. The van der Waals surface area contributed by atoms with Crippen LogP contribution in [0.15, 0.2) is 18.5 Å². The molecule has 0 aromatic carbocycles. The summed E-state index contributed by atoms with van der Waals surface area (Å²) < 4.78 is 12.9. The predicted molar refractivity (Wildman–Crippen MR) is 64.8 cm³/mol. The summed E-state index contributed by atoms with van der Waals surface area (Å²) in [7, 11) is 1.97. The Bertz CT molecular complexity index is 331. The highest BCUT2D eigenvalue weighted by Gasteiger charge is 2.22. The lowest BCUT2D eigenvalue weighted by Crippen LogP contribution is -2.38. The monoisotopic (exact) mass is 224 g/mol. The van der Waals surface area contributed by atoms with Crippen molar-refractivity contribution < 1.29 is 4.39 Å². The average molecular weight is 224 g/mol. The van der Waals surface area contributed by atoms with E-state index in [1.165, 1.54) is 6.20 Å². The van der Waals surface area contributed by atoms with Crippen molar-refractivity contribution in [2.75, 3.05) is 7.05 Å². The molecule has 1 aromatic heterocycles. The predicted octanol–water partition coefficient (Wildman–Crippen LogP) is 2.79. The number of hydrogen-bond donors (Lipinski definition) is 1. The second kappa shape index (κ2) is 5.39. The van der Waals surface area contributed by atoms with Gasteiger partial charge in [0.1, 0.15) is 5.82 Å². The van der Waals surface area contributed by atoms with Gasteiger partial charge in [-0.25, -0.2) is 4.39 Å². The van der Waals surface area contributed by atoms with Crippen LogP contribution in [0.4, 0.5) is 4.39 Å². The summed E-state index contributed by atoms with van der Waals surface area (Å²) >= 11 is 0. The van der Waals surface area contributed by atoms with Crippen LogP contribution < -0.4 is 5.32 Å². The molecule has 16 heavy (non-hydrogen) atoms. The lowest BCUT2D eigenvalue weighted by atomic mass is 9.83. The molecule has 0 saturated carbocycles. The molecule has 1 unspecified atom stereocenters. The molecule has 1 heterocycles. The SMILES string of the molecule is CNC(CCc1cncc(F)c1)C(C)(C)C. The zero-order chi connectivity index (χ0) is 12.2. The third kappa shape index (κ3) is 3.89. The van der Waals surface area contributed by atoms with E-state index in [4.69, 9.17) is 0 Å². The van der Waals surface area contributed by atoms with Gasteiger partial charge in [-0.1, -0.05) is 20.8 Å². The number of hydrogen-bond acceptors (Lipinski definition) is 2. The molecule has 0 saturated heterocycles. The van der Waals surface area contributed by atoms with Crippen molar-refractivity contribution >= 4 is 0 Å². The maximum absolute atomic E-state index is 12.9. The van der Waals surface area contributed by atoms with Crippen LogP contribution in [0.5, 0.6) is 0 Å². The first-order valence-corrected chi connectivity index (χ1v) is 5.70. The third-order valence-electron chi connectivity index (χ3n) is 2.88. The van der Waals surface area contributed by atoms with Crippen molar-refractivity contribution in [1.82, 2.24) is 10.3 Å². The van der Waals surface area contributed by atoms with Gasteiger partial charge in [-0.15, -0.1) is 0 Å². The number of nitrogens with one attached hydrogen (secondary N) is 1. The minimum Gasteiger partial charge on any atom is -0.316 e. The minimum absolute atomic E-state index is 0.218. The Morgan fingerprint density at radius 3 is 2.56 bits per heavy atom. The number of rotatable bonds is 4. The summed E-state index contributed by atoms with van der Waals surface area (Å²) in [6, 6.07) is 1.98. The fourth-order valence-corrected chi connectivity index (χ4v) is 1.91. The second-order valence-electron chi connectivity index (χ2n) is 5.26. The normalized spacial score (nSPS) is 13.8. The summed E-state index contributed by atoms with van der Waals surface area (Å²) in [5.74, 6) is -0.255. The van der Waals surface area contributed by atoms with Crippen molar-refractivity contribution in [3.63, 3.8) is 0 Å². The van der Waals surface area contributed by atoms with E-state index in [0.29, 0.717) is 6.04 Å². The third-order valence-corrected chi connectivity index (χ3v) is 2.88. The topological polar surface area (TPSA) is 24.9 Å². The molecule has 2 nitrogen and oxygen atoms in total. The van der Waals surface area contributed by atoms with Gasteiger partial charge in [-0.05, 0) is 36.9 Å². The molecule has 1 rings (SSSR count). The largest absolute Gasteiger partial charge is 0.316 e. The first kappa shape index (κ1) is 13.1. The van der Waals surface area contributed by atoms with Crippen LogP contribution in [0, 0.1) is 11.2 Å². The number of aryl methyl sites for hydroxylation is 1. The van der Waals surface area contributed by atoms with Crippen LogP contribution in [-0.4, -0.2) is 18.1 Å². The number of pyridine rings is 1. The molecule has 0 radical (unpaired) electrons. The molecule has 1 N–H and O–H groups in total. The molecule has 0 aliphatic carbocycles. The summed E-state index contributed by atoms with van der Waals surface area (Å²) in [5.41, 5.74) is 1.18. The van der Waals surface area contributed by atoms with Gasteiger partial charge in [0.05, 0.1) is 6.20 Å². The summed E-state index contributed by atoms with van der Waals surface area (Å²) in [6.07, 6.45) is 4.82. The van der Waals surface area contributed by atoms with Crippen molar-refractivity contribution in [2.24, 2.45) is 5.41 Å². The Morgan fingerprint density at radius 2 is 2.06 bits per heavy atom. The van der Waals surface area contributed by atoms with E-state index in [9.17, 15) is 4.39 Å². The highest BCUT2D eigenvalue weighted by Crippen LogP contribution is 2.22. The van der Waals surface area contributed by atoms with E-state index < -0.39 is 0 Å². The van der Waals surface area contributed by atoms with Gasteiger partial charge < -0.3 is 5.32 Å². The molecule has 0 spiro atoms. The van der Waals surface area contributed by atoms with Gasteiger partial charge in [0.2, 0.25) is 0 Å². The molecule has 0 bridgehead atoms. The number of nitrogens with zero attached hydrogens (tertiary/aromatic N) is 1. The second-order valence-corrected chi connectivity index (χ2v) is 5.26. The lowest BCUT2D eigenvalue weighted by molar-refractivity contribution is 0.268. The van der Waals surface area contributed by atoms with Crippen LogP contribution in [-0.2, 0) is 6.42 Å². The standard InChI is InChI=1S/C13H21FN2/c1-13(2,3)12(15-4)6-5-10-7-11(14)9-16-8-10/h7-9,12,15H,5-6H2,1-4H3. The molecule has 1 atom stereocenters. The van der Waals surface area contributed by atoms with Gasteiger partial charge in [0.25, 0.3) is 0 Å². The van der Waals surface area contributed by atoms with E-state index >= 15 is 0 Å². The van der Waals surface area contributed by atoms with Gasteiger partial charge in [-0.3, -0.25) is 4.98 Å². The zero-order valence-corrected chi connectivity index (χ0v) is 10.5. The molecule has 3 heteroatoms. The Kier molecular flexibility index (Phi) is 4.42. The van der Waals surface area contributed by atoms with Crippen LogP contribution in [0.1, 0.15) is 32.8 Å². The van der Waals surface area contributed by atoms with Crippen molar-refractivity contribution in [3.05, 3.63) is 29.8 Å². The molecule has 1 aromatic rings. The van der Waals surface area contributed by atoms with E-state index in [1.807, 2.05) is 7.05 Å². The fraction of sp³-hybridized carbons (Fsp3) is 0.615. The van der Waals surface area contributed by atoms with Crippen molar-refractivity contribution in [1.29, 1.82) is 0 Å². The highest BCUT2D eigenvalue weighted by molar-refractivity contribution is 5.10. The highest BCUT2D eigenvalue weighted by atomic mass is 19.1. The van der Waals surface area contributed by atoms with Gasteiger partial charge >= 0.3 is 0 Å². The first-order valence-electron chi connectivity index (χ1n) is 5.70. The lowest BCUT2D eigenvalue weighted by Gasteiger charge is -2.30. The average Bonchev–Trinajstić information content (AvgIpc) is 2.16. The van der Waals surface area contributed by atoms with Gasteiger partial charge in [0.15, 0.2) is 0 Å². The van der Waals surface area contributed by atoms with E-state index in [2.05, 4.69) is 31.1 Å². The van der Waals surface area contributed by atoms with E-state index in [1.54, 1.807) is 12.3 Å². The number of halogens is 1. The molecule has 0 fully saturated rings. The van der Waals surface area contributed by atoms with E-state index in [-0.39, 0.29) is 11.2 Å². The maximum atomic E-state index is 12.9. The summed E-state index contributed by atoms with van der Waals surface area (Å²) in [5, 5.41) is 3.31. The van der Waals surface area contributed by atoms with Crippen LogP contribution in [0.25, 0.3) is 0 Å². The molecule has 0 amide bonds. The summed E-state index contributed by atoms with van der Waals surface area (Å²) in [6.45, 7) is 6.62. The van der Waals surface area contributed by atoms with Crippen molar-refractivity contribution in [2.45, 2.75) is 39.7 Å². The Morgan fingerprint density at radius 1 is 1.38 bits per heavy atom. The quantitative estimate of drug-likeness (QED) is 0.850. The van der Waals surface area contributed by atoms with Crippen molar-refractivity contribution in [3.8, 4) is 0 Å². The first-order chi connectivity index (χ1) is 7.43. The summed E-state index contributed by atoms with van der Waals surface area (Å²) in [4.78, 5) is 3.85. The molecule has 0 aliphatic heterocycles. The molecular weight excluding hydrogens is 203 g/mol. The van der Waals surface area contributed by atoms with Gasteiger partial charge in [-0.2, -0.15) is 0 Å². The van der Waals surface area contributed by atoms with Crippen LogP contribution >= 0.6 is 0 Å². The Labute approximate surface area is 97.3 Å². The zero-order valence-electron chi connectivity index (χ0n) is 10.5. The molecule has 0 aliphatic rings. The van der Waals surface area contributed by atoms with Gasteiger partial charge in [0, 0.05) is 12.2 Å². The smallest absolute Gasteiger partial charge is 0.141 e. The number of aromatic nitrogens is 1. The minimum atomic E-state index is -0.255. The van der Waals surface area contributed by atoms with Crippen LogP contribution in [0.2, 0.25) is 0 Å². The fourth-order valence-electron chi connectivity index (χ4n) is 1.91. The van der Waals surface area contributed by atoms with E-state index in [0.717, 1.165) is 18.4 Å². The molecule has 90 valence electrons. The maximum Gasteiger partial charge on any atom is 0.141 e. The van der Waals surface area contributed by atoms with Crippen LogP contribution in [0.3, 0.4) is 0 Å². The Balaban J connectivity index is 2.56.